The number of rotatable bonds is 2. The lowest BCUT2D eigenvalue weighted by molar-refractivity contribution is 0.0350. The van der Waals surface area contributed by atoms with Crippen LogP contribution in [0.3, 0.4) is 0 Å². The van der Waals surface area contributed by atoms with Crippen molar-refractivity contribution < 1.29 is 15.0 Å². The Hall–Kier alpha value is -2.14. The fourth-order valence-electron chi connectivity index (χ4n) is 2.73. The SMILES string of the molecule is CC1(O)CCN(c2nc(C(=O)O)cc3ccccc23)CC1. The molecule has 0 saturated carbocycles. The summed E-state index contributed by atoms with van der Waals surface area (Å²) in [6.45, 7) is 3.18. The molecule has 1 saturated heterocycles. The Balaban J connectivity index is 2.06. The zero-order valence-electron chi connectivity index (χ0n) is 11.9. The first-order valence-corrected chi connectivity index (χ1v) is 7.07. The summed E-state index contributed by atoms with van der Waals surface area (Å²) < 4.78 is 0. The third kappa shape index (κ3) is 2.69. The van der Waals surface area contributed by atoms with Gasteiger partial charge in [-0.1, -0.05) is 24.3 Å². The van der Waals surface area contributed by atoms with Gasteiger partial charge in [-0.2, -0.15) is 0 Å². The van der Waals surface area contributed by atoms with Crippen molar-refractivity contribution in [3.05, 3.63) is 36.0 Å². The van der Waals surface area contributed by atoms with Gasteiger partial charge in [0.05, 0.1) is 5.60 Å². The number of carboxylic acid groups (broad SMARTS) is 1. The number of aromatic carboxylic acids is 1. The largest absolute Gasteiger partial charge is 0.477 e. The zero-order valence-corrected chi connectivity index (χ0v) is 11.9. The molecule has 2 aromatic rings. The standard InChI is InChI=1S/C16H18N2O3/c1-16(21)6-8-18(9-7-16)14-12-5-3-2-4-11(12)10-13(17-14)15(19)20/h2-5,10,21H,6-9H2,1H3,(H,19,20). The molecule has 1 fully saturated rings. The summed E-state index contributed by atoms with van der Waals surface area (Å²) in [4.78, 5) is 17.6. The Kier molecular flexibility index (Phi) is 3.29. The smallest absolute Gasteiger partial charge is 0.354 e. The molecule has 1 aromatic carbocycles. The van der Waals surface area contributed by atoms with Crippen molar-refractivity contribution in [1.82, 2.24) is 4.98 Å². The third-order valence-corrected chi connectivity index (χ3v) is 4.08. The number of hydrogen-bond acceptors (Lipinski definition) is 4. The van der Waals surface area contributed by atoms with E-state index in [1.807, 2.05) is 31.2 Å². The van der Waals surface area contributed by atoms with Gasteiger partial charge in [0, 0.05) is 18.5 Å². The first kappa shape index (κ1) is 13.8. The summed E-state index contributed by atoms with van der Waals surface area (Å²) in [6.07, 6.45) is 1.31. The second kappa shape index (κ2) is 5.00. The van der Waals surface area contributed by atoms with Crippen LogP contribution in [-0.4, -0.2) is 39.9 Å². The van der Waals surface area contributed by atoms with Gasteiger partial charge in [0.1, 0.15) is 5.82 Å². The van der Waals surface area contributed by atoms with Crippen LogP contribution in [0.15, 0.2) is 30.3 Å². The monoisotopic (exact) mass is 286 g/mol. The molecule has 0 amide bonds. The quantitative estimate of drug-likeness (QED) is 0.886. The molecule has 5 heteroatoms. The van der Waals surface area contributed by atoms with Gasteiger partial charge in [0.2, 0.25) is 0 Å². The second-order valence-electron chi connectivity index (χ2n) is 5.84. The van der Waals surface area contributed by atoms with E-state index in [4.69, 9.17) is 0 Å². The van der Waals surface area contributed by atoms with E-state index in [1.165, 1.54) is 0 Å². The summed E-state index contributed by atoms with van der Waals surface area (Å²) in [5.74, 6) is -0.327. The van der Waals surface area contributed by atoms with Crippen LogP contribution in [0, 0.1) is 0 Å². The van der Waals surface area contributed by atoms with Crippen molar-refractivity contribution in [3.63, 3.8) is 0 Å². The number of hydrogen-bond donors (Lipinski definition) is 2. The normalized spacial score (nSPS) is 17.9. The van der Waals surface area contributed by atoms with E-state index in [-0.39, 0.29) is 5.69 Å². The van der Waals surface area contributed by atoms with Crippen LogP contribution < -0.4 is 4.90 Å². The number of fused-ring (bicyclic) bond motifs is 1. The molecule has 0 unspecified atom stereocenters. The van der Waals surface area contributed by atoms with Crippen LogP contribution in [0.5, 0.6) is 0 Å². The number of pyridine rings is 1. The Morgan fingerprint density at radius 3 is 2.62 bits per heavy atom. The van der Waals surface area contributed by atoms with Crippen LogP contribution in [0.25, 0.3) is 10.8 Å². The van der Waals surface area contributed by atoms with E-state index in [9.17, 15) is 15.0 Å². The average molecular weight is 286 g/mol. The molecule has 0 atom stereocenters. The van der Waals surface area contributed by atoms with E-state index in [2.05, 4.69) is 9.88 Å². The molecular formula is C16H18N2O3. The predicted octanol–water partition coefficient (Wildman–Crippen LogP) is 2.28. The van der Waals surface area contributed by atoms with E-state index < -0.39 is 11.6 Å². The molecule has 110 valence electrons. The lowest BCUT2D eigenvalue weighted by atomic mass is 9.93. The minimum atomic E-state index is -1.02. The van der Waals surface area contributed by atoms with Gasteiger partial charge in [-0.25, -0.2) is 9.78 Å². The zero-order chi connectivity index (χ0) is 15.0. The van der Waals surface area contributed by atoms with Crippen LogP contribution in [-0.2, 0) is 0 Å². The molecule has 1 aliphatic rings. The van der Waals surface area contributed by atoms with Crippen molar-refractivity contribution in [2.24, 2.45) is 0 Å². The highest BCUT2D eigenvalue weighted by molar-refractivity contribution is 5.98. The van der Waals surface area contributed by atoms with E-state index in [0.29, 0.717) is 31.7 Å². The molecule has 1 aromatic heterocycles. The summed E-state index contributed by atoms with van der Waals surface area (Å²) in [6, 6.07) is 9.26. The molecule has 2 heterocycles. The Morgan fingerprint density at radius 1 is 1.29 bits per heavy atom. The lowest BCUT2D eigenvalue weighted by Crippen LogP contribution is -2.43. The molecule has 0 aliphatic carbocycles. The fraction of sp³-hybridized carbons (Fsp3) is 0.375. The van der Waals surface area contributed by atoms with Gasteiger partial charge in [-0.15, -0.1) is 0 Å². The predicted molar refractivity (Wildman–Crippen MR) is 80.8 cm³/mol. The minimum absolute atomic E-state index is 0.0565. The molecule has 21 heavy (non-hydrogen) atoms. The van der Waals surface area contributed by atoms with E-state index >= 15 is 0 Å². The van der Waals surface area contributed by atoms with Gasteiger partial charge >= 0.3 is 5.97 Å². The number of piperidine rings is 1. The summed E-state index contributed by atoms with van der Waals surface area (Å²) >= 11 is 0. The summed E-state index contributed by atoms with van der Waals surface area (Å²) in [5, 5.41) is 21.1. The highest BCUT2D eigenvalue weighted by Gasteiger charge is 2.29. The van der Waals surface area contributed by atoms with E-state index in [1.54, 1.807) is 6.07 Å². The number of aliphatic hydroxyl groups is 1. The maximum Gasteiger partial charge on any atom is 0.354 e. The molecular weight excluding hydrogens is 268 g/mol. The number of carboxylic acids is 1. The molecule has 3 rings (SSSR count). The van der Waals surface area contributed by atoms with Crippen molar-refractivity contribution in [2.45, 2.75) is 25.4 Å². The van der Waals surface area contributed by atoms with Crippen molar-refractivity contribution in [2.75, 3.05) is 18.0 Å². The topological polar surface area (TPSA) is 73.7 Å². The van der Waals surface area contributed by atoms with Gasteiger partial charge in [-0.05, 0) is 31.2 Å². The molecule has 2 N–H and O–H groups in total. The molecule has 5 nitrogen and oxygen atoms in total. The number of anilines is 1. The summed E-state index contributed by atoms with van der Waals surface area (Å²) in [7, 11) is 0. The maximum absolute atomic E-state index is 11.3. The molecule has 0 radical (unpaired) electrons. The highest BCUT2D eigenvalue weighted by atomic mass is 16.4. The van der Waals surface area contributed by atoms with Crippen molar-refractivity contribution in [3.8, 4) is 0 Å². The van der Waals surface area contributed by atoms with Gasteiger partial charge in [0.15, 0.2) is 5.69 Å². The first-order valence-electron chi connectivity index (χ1n) is 7.07. The maximum atomic E-state index is 11.3. The average Bonchev–Trinajstić information content (AvgIpc) is 2.46. The van der Waals surface area contributed by atoms with Gasteiger partial charge < -0.3 is 15.1 Å². The van der Waals surface area contributed by atoms with Crippen molar-refractivity contribution in [1.29, 1.82) is 0 Å². The fourth-order valence-corrected chi connectivity index (χ4v) is 2.73. The Morgan fingerprint density at radius 2 is 1.95 bits per heavy atom. The highest BCUT2D eigenvalue weighted by Crippen LogP contribution is 2.30. The lowest BCUT2D eigenvalue weighted by Gasteiger charge is -2.37. The van der Waals surface area contributed by atoms with Gasteiger partial charge in [-0.3, -0.25) is 0 Å². The van der Waals surface area contributed by atoms with Crippen LogP contribution in [0.2, 0.25) is 0 Å². The first-order chi connectivity index (χ1) is 9.96. The Bertz CT molecular complexity index is 687. The molecule has 0 spiro atoms. The number of benzene rings is 1. The van der Waals surface area contributed by atoms with Crippen LogP contribution in [0.4, 0.5) is 5.82 Å². The molecule has 1 aliphatic heterocycles. The van der Waals surface area contributed by atoms with E-state index in [0.717, 1.165) is 10.8 Å². The Labute approximate surface area is 122 Å². The molecule has 0 bridgehead atoms. The van der Waals surface area contributed by atoms with Crippen molar-refractivity contribution >= 4 is 22.6 Å². The summed E-state index contributed by atoms with van der Waals surface area (Å²) in [5.41, 5.74) is -0.586. The number of nitrogens with zero attached hydrogens (tertiary/aromatic N) is 2. The second-order valence-corrected chi connectivity index (χ2v) is 5.84. The minimum Gasteiger partial charge on any atom is -0.477 e. The number of carbonyl (C=O) groups is 1. The third-order valence-electron chi connectivity index (χ3n) is 4.08. The van der Waals surface area contributed by atoms with Crippen LogP contribution in [0.1, 0.15) is 30.3 Å². The van der Waals surface area contributed by atoms with Crippen LogP contribution >= 0.6 is 0 Å². The van der Waals surface area contributed by atoms with Gasteiger partial charge in [0.25, 0.3) is 0 Å². The number of aromatic nitrogens is 1.